The van der Waals surface area contributed by atoms with Crippen molar-refractivity contribution in [2.75, 3.05) is 56.6 Å². The molecule has 468 valence electrons. The lowest BCUT2D eigenvalue weighted by atomic mass is 9.78. The van der Waals surface area contributed by atoms with E-state index in [9.17, 15) is 59.0 Å². The van der Waals surface area contributed by atoms with E-state index in [-0.39, 0.29) is 113 Å². The van der Waals surface area contributed by atoms with Gasteiger partial charge in [0, 0.05) is 99.6 Å². The Kier molecular flexibility index (Phi) is 18.1. The Balaban J connectivity index is 1.01. The molecule has 0 spiro atoms. The van der Waals surface area contributed by atoms with Crippen molar-refractivity contribution in [3.8, 4) is 28.7 Å². The van der Waals surface area contributed by atoms with Crippen molar-refractivity contribution in [2.24, 2.45) is 34.7 Å². The number of allylic oxidation sites excluding steroid dienone is 2. The number of aromatic hydroxyl groups is 3. The maximum Gasteiger partial charge on any atom is 0.312 e. The number of phenolic OH excluding ortho intramolecular Hbond substituents is 3. The van der Waals surface area contributed by atoms with Crippen molar-refractivity contribution in [3.05, 3.63) is 123 Å². The number of ether oxygens (including phenoxy) is 4. The number of Topliss-reactive ketones (excluding diaryl/α,β-unsaturated/α-hetero) is 1. The van der Waals surface area contributed by atoms with Gasteiger partial charge in [-0.15, -0.1) is 0 Å². The van der Waals surface area contributed by atoms with Crippen molar-refractivity contribution in [2.45, 2.75) is 92.0 Å². The molecule has 5 aliphatic heterocycles. The summed E-state index contributed by atoms with van der Waals surface area (Å²) in [7, 11) is 1.40. The first-order chi connectivity index (χ1) is 41.6. The fraction of sp³-hybridized carbons (Fsp3) is 0.413. The van der Waals surface area contributed by atoms with Gasteiger partial charge < -0.3 is 64.7 Å². The second kappa shape index (κ2) is 25.0. The SMILES string of the molecule is C=C(O)c1cn(-c2ccc(F)cc2F)c2nc(N3CCC(C(=O)N4CCN(/N=C\c5c6c(O)c7c(O)c(C)c8c(c7c5O)C(=O)[C@@](C)(O/C=C/[C@H](OC)[C@@H](C)[C@@H](OC(C)=O)[C@H](C)[C@H](O)[C@H](C)[C@@H](O)[C@@H](C)/C=C/C=C(/C)C(=O)N6)O8)CC4)C3)c(F)cc2c1=O. The largest absolute Gasteiger partial charge is 0.508 e. The van der Waals surface area contributed by atoms with Gasteiger partial charge in [0.25, 0.3) is 11.7 Å². The van der Waals surface area contributed by atoms with Gasteiger partial charge in [0.15, 0.2) is 23.0 Å². The van der Waals surface area contributed by atoms with E-state index in [2.05, 4.69) is 22.0 Å². The third-order valence-electron chi connectivity index (χ3n) is 17.2. The predicted octanol–water partition coefficient (Wildman–Crippen LogP) is 7.40. The Hall–Kier alpha value is -8.94. The molecule has 0 radical (unpaired) electrons. The lowest BCUT2D eigenvalue weighted by molar-refractivity contribution is -0.160. The highest BCUT2D eigenvalue weighted by Crippen LogP contribution is 2.55. The molecule has 88 heavy (non-hydrogen) atoms. The number of benzene rings is 3. The average Bonchev–Trinajstić information content (AvgIpc) is 1.84. The number of nitrogens with zero attached hydrogens (tertiary/aromatic N) is 6. The number of rotatable bonds is 8. The van der Waals surface area contributed by atoms with Gasteiger partial charge in [0.2, 0.25) is 11.3 Å². The zero-order chi connectivity index (χ0) is 64.1. The number of hydrogen-bond acceptors (Lipinski definition) is 19. The summed E-state index contributed by atoms with van der Waals surface area (Å²) < 4.78 is 70.1. The van der Waals surface area contributed by atoms with Gasteiger partial charge in [-0.2, -0.15) is 5.10 Å². The Bertz CT molecular complexity index is 3860. The number of amides is 2. The molecule has 10 rings (SSSR count). The normalized spacial score (nSPS) is 26.9. The highest BCUT2D eigenvalue weighted by atomic mass is 19.1. The van der Waals surface area contributed by atoms with Crippen LogP contribution in [-0.2, 0) is 28.6 Å². The molecular weight excluding hydrogens is 1150 g/mol. The first-order valence-electron chi connectivity index (χ1n) is 28.6. The number of hydrazone groups is 1. The molecule has 10 atom stereocenters. The minimum atomic E-state index is -2.17. The molecule has 22 nitrogen and oxygen atoms in total. The standard InChI is InChI=1S/C63H70F3N7O15/c1-29-12-11-13-30(2)61(83)68-49-40(54(80)46-47(55(49)81)52(78)34(6)57-48(46)58(82)63(9,88-57)86-23-17-45(85-10)31(3)56(87-36(8)75)33(5)51(77)32(4)50(29)76)26-67-72-21-19-70(20-22-72)62(84)37-16-18-71(27-37)60-43(66)25-39-53(79)41(35(7)74)28-73(59(39)69-60)44-15-14-38(64)24-42(44)65/h11-15,17,23-26,28-29,31-33,37,45,50-51,56,74,76-78,80-81H,7,16,18-22,27H2,1-6,8-10H3,(H,68,83)/b12-11+,23-17+,30-13-,67-26-/t29-,31+,32+,33+,37?,45-,50-,51+,56+,63-/m0/s1. The van der Waals surface area contributed by atoms with E-state index in [4.69, 9.17) is 18.9 Å². The first-order valence-corrected chi connectivity index (χ1v) is 28.6. The summed E-state index contributed by atoms with van der Waals surface area (Å²) in [5, 5.41) is 77.5. The van der Waals surface area contributed by atoms with Crippen molar-refractivity contribution < 1.29 is 81.9 Å². The smallest absolute Gasteiger partial charge is 0.312 e. The van der Waals surface area contributed by atoms with Gasteiger partial charge in [-0.1, -0.05) is 52.5 Å². The number of anilines is 2. The predicted molar refractivity (Wildman–Crippen MR) is 319 cm³/mol. The molecule has 2 fully saturated rings. The molecule has 7 heterocycles. The zero-order valence-electron chi connectivity index (χ0n) is 49.9. The van der Waals surface area contributed by atoms with Crippen LogP contribution in [0.15, 0.2) is 83.1 Å². The first kappa shape index (κ1) is 63.6. The van der Waals surface area contributed by atoms with E-state index in [0.29, 0.717) is 6.07 Å². The minimum absolute atomic E-state index is 0.00463. The van der Waals surface area contributed by atoms with Crippen LogP contribution in [0, 0.1) is 54.0 Å². The van der Waals surface area contributed by atoms with Gasteiger partial charge in [-0.25, -0.2) is 18.2 Å². The molecule has 25 heteroatoms. The lowest BCUT2D eigenvalue weighted by Gasteiger charge is -2.38. The second-order valence-corrected chi connectivity index (χ2v) is 23.0. The molecule has 1 unspecified atom stereocenters. The number of carbonyl (C=O) groups excluding carboxylic acids is 4. The summed E-state index contributed by atoms with van der Waals surface area (Å²) in [5.74, 6) is -14.2. The number of aromatic nitrogens is 2. The summed E-state index contributed by atoms with van der Waals surface area (Å²) in [6, 6.07) is 3.60. The van der Waals surface area contributed by atoms with Gasteiger partial charge in [-0.3, -0.25) is 33.5 Å². The quantitative estimate of drug-likeness (QED) is 0.0262. The van der Waals surface area contributed by atoms with Gasteiger partial charge in [-0.05, 0) is 44.5 Å². The number of fused-ring (bicyclic) bond motifs is 15. The highest BCUT2D eigenvalue weighted by molar-refractivity contribution is 6.24. The van der Waals surface area contributed by atoms with E-state index < -0.39 is 134 Å². The number of ketones is 1. The van der Waals surface area contributed by atoms with Crippen LogP contribution >= 0.6 is 0 Å². The molecule has 0 aliphatic carbocycles. The van der Waals surface area contributed by atoms with E-state index in [1.807, 2.05) is 0 Å². The van der Waals surface area contributed by atoms with Crippen LogP contribution in [0.2, 0.25) is 0 Å². The van der Waals surface area contributed by atoms with E-state index >= 15 is 8.78 Å². The highest BCUT2D eigenvalue weighted by Gasteiger charge is 2.50. The van der Waals surface area contributed by atoms with Crippen LogP contribution in [0.5, 0.6) is 23.0 Å². The fourth-order valence-corrected chi connectivity index (χ4v) is 12.0. The molecule has 7 N–H and O–H groups in total. The number of carbonyl (C=O) groups is 4. The number of pyridine rings is 2. The van der Waals surface area contributed by atoms with Crippen LogP contribution in [0.3, 0.4) is 0 Å². The van der Waals surface area contributed by atoms with E-state index in [1.54, 1.807) is 43.7 Å². The maximum absolute atomic E-state index is 16.0. The Morgan fingerprint density at radius 2 is 1.61 bits per heavy atom. The number of esters is 1. The molecular formula is C63H70F3N7O15. The summed E-state index contributed by atoms with van der Waals surface area (Å²) in [4.78, 5) is 76.5. The topological polar surface area (TPSA) is 296 Å². The third kappa shape index (κ3) is 11.8. The van der Waals surface area contributed by atoms with Gasteiger partial charge in [0.1, 0.15) is 40.7 Å². The van der Waals surface area contributed by atoms with Crippen LogP contribution in [0.1, 0.15) is 81.9 Å². The van der Waals surface area contributed by atoms with E-state index in [0.717, 1.165) is 41.4 Å². The summed E-state index contributed by atoms with van der Waals surface area (Å²) >= 11 is 0. The molecule has 5 aromatic rings. The number of aliphatic hydroxyl groups excluding tert-OH is 3. The molecule has 0 saturated carbocycles. The summed E-state index contributed by atoms with van der Waals surface area (Å²) in [5.41, 5.74) is -2.64. The molecule has 2 aromatic heterocycles. The number of phenols is 3. The van der Waals surface area contributed by atoms with Crippen molar-refractivity contribution in [1.82, 2.24) is 19.5 Å². The van der Waals surface area contributed by atoms with Crippen molar-refractivity contribution >= 4 is 68.9 Å². The van der Waals surface area contributed by atoms with Crippen molar-refractivity contribution in [3.63, 3.8) is 0 Å². The van der Waals surface area contributed by atoms with E-state index in [1.165, 1.54) is 57.9 Å². The molecule has 5 bridgehead atoms. The van der Waals surface area contributed by atoms with Gasteiger partial charge in [0.05, 0.1) is 88.6 Å². The summed E-state index contributed by atoms with van der Waals surface area (Å²) in [6.45, 7) is 16.2. The number of aliphatic hydroxyl groups is 3. The molecule has 5 aliphatic rings. The second-order valence-electron chi connectivity index (χ2n) is 23.0. The Morgan fingerprint density at radius 1 is 0.909 bits per heavy atom. The molecule has 3 aromatic carbocycles. The number of methoxy groups -OCH3 is 1. The Labute approximate surface area is 503 Å². The fourth-order valence-electron chi connectivity index (χ4n) is 12.0. The number of piperazine rings is 1. The van der Waals surface area contributed by atoms with Crippen LogP contribution in [0.25, 0.3) is 33.3 Å². The number of hydrogen-bond donors (Lipinski definition) is 7. The van der Waals surface area contributed by atoms with Crippen LogP contribution < -0.4 is 20.4 Å². The Morgan fingerprint density at radius 3 is 2.27 bits per heavy atom. The molecule has 2 saturated heterocycles. The monoisotopic (exact) mass is 1220 g/mol. The summed E-state index contributed by atoms with van der Waals surface area (Å²) in [6.07, 6.45) is 5.49. The zero-order valence-corrected chi connectivity index (χ0v) is 49.9. The third-order valence-corrected chi connectivity index (χ3v) is 17.2. The van der Waals surface area contributed by atoms with Gasteiger partial charge >= 0.3 is 11.8 Å². The number of nitrogens with one attached hydrogen (secondary N) is 1. The lowest BCUT2D eigenvalue weighted by Crippen LogP contribution is -2.49. The molecule has 2 amide bonds. The van der Waals surface area contributed by atoms with Crippen molar-refractivity contribution in [1.29, 1.82) is 0 Å². The maximum atomic E-state index is 16.0. The number of halogens is 3. The minimum Gasteiger partial charge on any atom is -0.508 e. The van der Waals surface area contributed by atoms with Crippen LogP contribution in [0.4, 0.5) is 24.7 Å². The van der Waals surface area contributed by atoms with Crippen LogP contribution in [-0.4, -0.2) is 156 Å². The average molecular weight is 1220 g/mol.